The molecule has 0 saturated heterocycles. The number of likely N-dealkylation sites (N-methyl/N-ethyl adjacent to an activating group) is 1. The molecule has 7 nitrogen and oxygen atoms in total. The van der Waals surface area contributed by atoms with Crippen molar-refractivity contribution in [3.8, 4) is 11.5 Å². The summed E-state index contributed by atoms with van der Waals surface area (Å²) in [5.74, 6) is 1.06. The summed E-state index contributed by atoms with van der Waals surface area (Å²) in [5, 5.41) is 2.76. The first-order valence-electron chi connectivity index (χ1n) is 9.37. The Morgan fingerprint density at radius 2 is 1.83 bits per heavy atom. The molecule has 0 atom stereocenters. The summed E-state index contributed by atoms with van der Waals surface area (Å²) in [7, 11) is -0.771. The van der Waals surface area contributed by atoms with Crippen LogP contribution in [0, 0.1) is 6.92 Å². The Morgan fingerprint density at radius 1 is 1.14 bits per heavy atom. The molecule has 29 heavy (non-hydrogen) atoms. The maximum atomic E-state index is 12.7. The minimum absolute atomic E-state index is 0.131. The van der Waals surface area contributed by atoms with Crippen molar-refractivity contribution in [3.05, 3.63) is 53.6 Å². The summed E-state index contributed by atoms with van der Waals surface area (Å²) in [5.41, 5.74) is 1.78. The van der Waals surface area contributed by atoms with Crippen LogP contribution in [-0.2, 0) is 21.2 Å². The maximum Gasteiger partial charge on any atom is 0.243 e. The van der Waals surface area contributed by atoms with Gasteiger partial charge in [-0.3, -0.25) is 4.79 Å². The highest BCUT2D eigenvalue weighted by molar-refractivity contribution is 7.89. The normalized spacial score (nSPS) is 11.3. The average molecular weight is 421 g/mol. The summed E-state index contributed by atoms with van der Waals surface area (Å²) in [6.07, 6.45) is 0.643. The molecule has 0 unspecified atom stereocenters. The predicted molar refractivity (Wildman–Crippen MR) is 112 cm³/mol. The monoisotopic (exact) mass is 420 g/mol. The van der Waals surface area contributed by atoms with Gasteiger partial charge in [-0.25, -0.2) is 8.42 Å². The number of rotatable bonds is 10. The summed E-state index contributed by atoms with van der Waals surface area (Å²) in [6.45, 7) is 4.32. The van der Waals surface area contributed by atoms with E-state index in [9.17, 15) is 13.2 Å². The number of aryl methyl sites for hydroxylation is 1. The number of hydrogen-bond donors (Lipinski definition) is 1. The Kier molecular flexibility index (Phi) is 8.04. The number of nitrogens with zero attached hydrogens (tertiary/aromatic N) is 1. The van der Waals surface area contributed by atoms with Crippen LogP contribution in [0.2, 0.25) is 0 Å². The minimum Gasteiger partial charge on any atom is -0.497 e. The molecular formula is C21H28N2O5S. The Bertz CT molecular complexity index is 927. The van der Waals surface area contributed by atoms with Crippen LogP contribution < -0.4 is 14.8 Å². The Labute approximate surface area is 172 Å². The highest BCUT2D eigenvalue weighted by Gasteiger charge is 2.23. The molecule has 8 heteroatoms. The number of methoxy groups -OCH3 is 1. The third-order valence-electron chi connectivity index (χ3n) is 4.42. The largest absolute Gasteiger partial charge is 0.497 e. The zero-order valence-electron chi connectivity index (χ0n) is 17.3. The van der Waals surface area contributed by atoms with Gasteiger partial charge in [-0.15, -0.1) is 0 Å². The van der Waals surface area contributed by atoms with Crippen molar-refractivity contribution >= 4 is 15.9 Å². The van der Waals surface area contributed by atoms with Gasteiger partial charge < -0.3 is 14.8 Å². The standard InChI is InChI=1S/C21H28N2O5S/c1-5-28-20-11-10-19(14-16(20)2)29(25,26)23(3)15-21(24)22-13-12-17-6-8-18(27-4)9-7-17/h6-11,14H,5,12-13,15H2,1-4H3,(H,22,24). The van der Waals surface area contributed by atoms with Gasteiger partial charge in [0.2, 0.25) is 15.9 Å². The van der Waals surface area contributed by atoms with Gasteiger partial charge in [0, 0.05) is 13.6 Å². The van der Waals surface area contributed by atoms with Crippen molar-refractivity contribution in [2.45, 2.75) is 25.2 Å². The topological polar surface area (TPSA) is 84.9 Å². The van der Waals surface area contributed by atoms with E-state index in [0.717, 1.165) is 21.2 Å². The van der Waals surface area contributed by atoms with Gasteiger partial charge in [-0.05, 0) is 61.7 Å². The van der Waals surface area contributed by atoms with Crippen LogP contribution in [0.3, 0.4) is 0 Å². The first-order valence-corrected chi connectivity index (χ1v) is 10.8. The van der Waals surface area contributed by atoms with Crippen LogP contribution in [0.5, 0.6) is 11.5 Å². The lowest BCUT2D eigenvalue weighted by molar-refractivity contribution is -0.121. The molecule has 0 aliphatic rings. The average Bonchev–Trinajstić information content (AvgIpc) is 2.70. The van der Waals surface area contributed by atoms with Crippen molar-refractivity contribution in [1.82, 2.24) is 9.62 Å². The molecule has 0 aromatic heterocycles. The molecule has 0 radical (unpaired) electrons. The summed E-state index contributed by atoms with van der Waals surface area (Å²) in [4.78, 5) is 12.3. The number of sulfonamides is 1. The maximum absolute atomic E-state index is 12.7. The van der Waals surface area contributed by atoms with E-state index in [-0.39, 0.29) is 17.3 Å². The first-order chi connectivity index (χ1) is 13.8. The lowest BCUT2D eigenvalue weighted by Crippen LogP contribution is -2.39. The van der Waals surface area contributed by atoms with Gasteiger partial charge in [0.05, 0.1) is 25.2 Å². The van der Waals surface area contributed by atoms with Gasteiger partial charge in [-0.2, -0.15) is 4.31 Å². The molecular weight excluding hydrogens is 392 g/mol. The lowest BCUT2D eigenvalue weighted by atomic mass is 10.1. The fourth-order valence-electron chi connectivity index (χ4n) is 2.76. The van der Waals surface area contributed by atoms with E-state index in [0.29, 0.717) is 25.3 Å². The van der Waals surface area contributed by atoms with E-state index in [1.165, 1.54) is 13.1 Å². The second-order valence-electron chi connectivity index (χ2n) is 6.57. The number of nitrogens with one attached hydrogen (secondary N) is 1. The van der Waals surface area contributed by atoms with Gasteiger partial charge in [0.15, 0.2) is 0 Å². The van der Waals surface area contributed by atoms with E-state index in [4.69, 9.17) is 9.47 Å². The van der Waals surface area contributed by atoms with Crippen molar-refractivity contribution in [1.29, 1.82) is 0 Å². The van der Waals surface area contributed by atoms with Crippen LogP contribution in [0.25, 0.3) is 0 Å². The fourth-order valence-corrected chi connectivity index (χ4v) is 3.97. The molecule has 0 saturated carbocycles. The quantitative estimate of drug-likeness (QED) is 0.638. The van der Waals surface area contributed by atoms with E-state index in [1.54, 1.807) is 26.2 Å². The summed E-state index contributed by atoms with van der Waals surface area (Å²) >= 11 is 0. The van der Waals surface area contributed by atoms with Crippen molar-refractivity contribution < 1.29 is 22.7 Å². The molecule has 2 aromatic rings. The van der Waals surface area contributed by atoms with Crippen LogP contribution in [0.1, 0.15) is 18.1 Å². The second kappa shape index (κ2) is 10.3. The lowest BCUT2D eigenvalue weighted by Gasteiger charge is -2.18. The molecule has 1 amide bonds. The highest BCUT2D eigenvalue weighted by atomic mass is 32.2. The van der Waals surface area contributed by atoms with Gasteiger partial charge in [-0.1, -0.05) is 12.1 Å². The molecule has 158 valence electrons. The number of ether oxygens (including phenoxy) is 2. The summed E-state index contributed by atoms with van der Waals surface area (Å²) in [6, 6.07) is 12.2. The molecule has 2 aromatic carbocycles. The van der Waals surface area contributed by atoms with Crippen LogP contribution in [0.15, 0.2) is 47.4 Å². The Balaban J connectivity index is 1.91. The molecule has 0 heterocycles. The highest BCUT2D eigenvalue weighted by Crippen LogP contribution is 2.23. The third kappa shape index (κ3) is 6.20. The molecule has 0 fully saturated rings. The SMILES string of the molecule is CCOc1ccc(S(=O)(=O)N(C)CC(=O)NCCc2ccc(OC)cc2)cc1C. The molecule has 0 spiro atoms. The van der Waals surface area contributed by atoms with Crippen molar-refractivity contribution in [2.24, 2.45) is 0 Å². The van der Waals surface area contributed by atoms with E-state index in [2.05, 4.69) is 5.32 Å². The zero-order valence-corrected chi connectivity index (χ0v) is 18.1. The number of carbonyl (C=O) groups is 1. The van der Waals surface area contributed by atoms with Gasteiger partial charge >= 0.3 is 0 Å². The molecule has 0 bridgehead atoms. The molecule has 0 aliphatic heterocycles. The van der Waals surface area contributed by atoms with Crippen LogP contribution in [0.4, 0.5) is 0 Å². The number of benzene rings is 2. The van der Waals surface area contributed by atoms with Crippen LogP contribution in [-0.4, -0.2) is 52.5 Å². The van der Waals surface area contributed by atoms with E-state index in [1.807, 2.05) is 31.2 Å². The zero-order chi connectivity index (χ0) is 21.4. The van der Waals surface area contributed by atoms with E-state index >= 15 is 0 Å². The second-order valence-corrected chi connectivity index (χ2v) is 8.61. The molecule has 0 aliphatic carbocycles. The number of amides is 1. The number of carbonyl (C=O) groups excluding carboxylic acids is 1. The fraction of sp³-hybridized carbons (Fsp3) is 0.381. The predicted octanol–water partition coefficient (Wildman–Crippen LogP) is 2.38. The van der Waals surface area contributed by atoms with Crippen LogP contribution >= 0.6 is 0 Å². The molecule has 1 N–H and O–H groups in total. The number of hydrogen-bond acceptors (Lipinski definition) is 5. The Morgan fingerprint density at radius 3 is 2.41 bits per heavy atom. The van der Waals surface area contributed by atoms with E-state index < -0.39 is 10.0 Å². The van der Waals surface area contributed by atoms with Crippen molar-refractivity contribution in [2.75, 3.05) is 33.9 Å². The van der Waals surface area contributed by atoms with Gasteiger partial charge in [0.1, 0.15) is 11.5 Å². The third-order valence-corrected chi connectivity index (χ3v) is 6.21. The molecule has 2 rings (SSSR count). The Hall–Kier alpha value is -2.58. The first kappa shape index (κ1) is 22.7. The minimum atomic E-state index is -3.77. The summed E-state index contributed by atoms with van der Waals surface area (Å²) < 4.78 is 37.1. The smallest absolute Gasteiger partial charge is 0.243 e. The van der Waals surface area contributed by atoms with Crippen molar-refractivity contribution in [3.63, 3.8) is 0 Å². The van der Waals surface area contributed by atoms with Gasteiger partial charge in [0.25, 0.3) is 0 Å².